The molecule has 0 rings (SSSR count). The molecule has 0 aromatic rings. The fourth-order valence-corrected chi connectivity index (χ4v) is 11.6. The molecule has 0 aromatic heterocycles. The number of ether oxygens (including phenoxy) is 3. The Kier molecular flexibility index (Phi) is 67.5. The molecule has 0 amide bonds. The normalized spacial score (nSPS) is 11.9. The van der Waals surface area contributed by atoms with Crippen molar-refractivity contribution < 1.29 is 28.6 Å². The van der Waals surface area contributed by atoms with Gasteiger partial charge >= 0.3 is 17.9 Å². The second kappa shape index (κ2) is 68.9. The van der Waals surface area contributed by atoms with E-state index in [4.69, 9.17) is 14.2 Å². The van der Waals surface area contributed by atoms with Gasteiger partial charge in [0.05, 0.1) is 0 Å². The van der Waals surface area contributed by atoms with Gasteiger partial charge in [0.25, 0.3) is 0 Å². The molecule has 470 valence electrons. The number of hydrogen-bond donors (Lipinski definition) is 0. The number of carbonyl (C=O) groups is 3. The zero-order valence-electron chi connectivity index (χ0n) is 54.2. The summed E-state index contributed by atoms with van der Waals surface area (Å²) in [5.41, 5.74) is 0. The van der Waals surface area contributed by atoms with Gasteiger partial charge in [0.2, 0.25) is 0 Å². The van der Waals surface area contributed by atoms with Crippen LogP contribution in [-0.4, -0.2) is 37.2 Å². The van der Waals surface area contributed by atoms with Crippen LogP contribution in [0.3, 0.4) is 0 Å². The molecular formula is C73H142O6. The molecule has 0 heterocycles. The SMILES string of the molecule is CCCCCCCCCCCCCCCCCCCCCCCCCCCCCCCC(=O)OCC(COC(=O)CCCCCCC)OC(=O)CCCCCCCCCCCCCCCCCCCCCCCCCCCCC. The minimum Gasteiger partial charge on any atom is -0.462 e. The summed E-state index contributed by atoms with van der Waals surface area (Å²) in [4.78, 5) is 38.0. The van der Waals surface area contributed by atoms with Crippen molar-refractivity contribution in [3.8, 4) is 0 Å². The Bertz CT molecular complexity index is 1190. The van der Waals surface area contributed by atoms with Crippen molar-refractivity contribution in [1.29, 1.82) is 0 Å². The maximum atomic E-state index is 12.9. The van der Waals surface area contributed by atoms with Crippen molar-refractivity contribution in [3.05, 3.63) is 0 Å². The molecule has 0 radical (unpaired) electrons. The number of carbonyl (C=O) groups excluding carboxylic acids is 3. The Labute approximate surface area is 495 Å². The molecular weight excluding hydrogens is 973 g/mol. The van der Waals surface area contributed by atoms with E-state index >= 15 is 0 Å². The zero-order chi connectivity index (χ0) is 57.1. The van der Waals surface area contributed by atoms with E-state index in [1.807, 2.05) is 0 Å². The Morgan fingerprint density at radius 3 is 0.506 bits per heavy atom. The molecule has 1 unspecified atom stereocenters. The Morgan fingerprint density at radius 2 is 0.342 bits per heavy atom. The third-order valence-corrected chi connectivity index (χ3v) is 17.1. The molecule has 0 bridgehead atoms. The molecule has 0 aromatic carbocycles. The minimum atomic E-state index is -0.761. The van der Waals surface area contributed by atoms with Crippen LogP contribution < -0.4 is 0 Å². The van der Waals surface area contributed by atoms with Crippen LogP contribution >= 0.6 is 0 Å². The molecule has 0 aliphatic rings. The Hall–Kier alpha value is -1.59. The third kappa shape index (κ3) is 67.1. The Balaban J connectivity index is 3.87. The summed E-state index contributed by atoms with van der Waals surface area (Å²) < 4.78 is 16.8. The van der Waals surface area contributed by atoms with E-state index in [0.717, 1.165) is 64.2 Å². The van der Waals surface area contributed by atoms with Gasteiger partial charge in [-0.05, 0) is 19.3 Å². The fourth-order valence-electron chi connectivity index (χ4n) is 11.6. The summed E-state index contributed by atoms with van der Waals surface area (Å²) in [6.45, 7) is 6.65. The van der Waals surface area contributed by atoms with E-state index in [9.17, 15) is 14.4 Å². The molecule has 79 heavy (non-hydrogen) atoms. The van der Waals surface area contributed by atoms with E-state index < -0.39 is 6.10 Å². The van der Waals surface area contributed by atoms with E-state index in [1.54, 1.807) is 0 Å². The first-order valence-corrected chi connectivity index (χ1v) is 36.5. The van der Waals surface area contributed by atoms with Gasteiger partial charge in [0.15, 0.2) is 6.10 Å². The van der Waals surface area contributed by atoms with E-state index in [0.29, 0.717) is 19.3 Å². The first-order chi connectivity index (χ1) is 39.0. The van der Waals surface area contributed by atoms with Crippen molar-refractivity contribution >= 4 is 17.9 Å². The summed E-state index contributed by atoms with van der Waals surface area (Å²) in [6.07, 6.45) is 82.1. The molecule has 0 aliphatic heterocycles. The minimum absolute atomic E-state index is 0.0620. The van der Waals surface area contributed by atoms with Crippen molar-refractivity contribution in [2.75, 3.05) is 13.2 Å². The van der Waals surface area contributed by atoms with Gasteiger partial charge in [0, 0.05) is 19.3 Å². The summed E-state index contributed by atoms with van der Waals surface area (Å²) >= 11 is 0. The second-order valence-corrected chi connectivity index (χ2v) is 25.2. The van der Waals surface area contributed by atoms with Crippen LogP contribution in [0.5, 0.6) is 0 Å². The van der Waals surface area contributed by atoms with Gasteiger partial charge in [-0.1, -0.05) is 393 Å². The monoisotopic (exact) mass is 1120 g/mol. The van der Waals surface area contributed by atoms with Crippen LogP contribution in [0.15, 0.2) is 0 Å². The number of esters is 3. The molecule has 0 N–H and O–H groups in total. The highest BCUT2D eigenvalue weighted by atomic mass is 16.6. The van der Waals surface area contributed by atoms with Gasteiger partial charge in [-0.3, -0.25) is 14.4 Å². The molecule has 0 saturated heterocycles. The molecule has 1 atom stereocenters. The highest BCUT2D eigenvalue weighted by molar-refractivity contribution is 5.71. The van der Waals surface area contributed by atoms with Crippen LogP contribution in [-0.2, 0) is 28.6 Å². The average molecular weight is 1120 g/mol. The van der Waals surface area contributed by atoms with E-state index in [2.05, 4.69) is 20.8 Å². The predicted molar refractivity (Wildman–Crippen MR) is 344 cm³/mol. The third-order valence-electron chi connectivity index (χ3n) is 17.1. The van der Waals surface area contributed by atoms with Crippen LogP contribution in [0.2, 0.25) is 0 Å². The van der Waals surface area contributed by atoms with Gasteiger partial charge in [-0.25, -0.2) is 0 Å². The average Bonchev–Trinajstić information content (AvgIpc) is 3.45. The van der Waals surface area contributed by atoms with Crippen molar-refractivity contribution in [2.45, 2.75) is 438 Å². The lowest BCUT2D eigenvalue weighted by molar-refractivity contribution is -0.167. The standard InChI is InChI=1S/C73H142O6/c1-4-7-10-13-15-17-19-21-23-25-27-29-31-33-35-36-38-39-41-43-45-47-49-51-53-55-57-60-63-66-72(75)78-69-70(68-77-71(74)65-62-59-12-9-6-3)79-73(76)67-64-61-58-56-54-52-50-48-46-44-42-40-37-34-32-30-28-26-24-22-20-18-16-14-11-8-5-2/h70H,4-69H2,1-3H3. The molecule has 6 nitrogen and oxygen atoms in total. The highest BCUT2D eigenvalue weighted by Gasteiger charge is 2.19. The maximum absolute atomic E-state index is 12.9. The van der Waals surface area contributed by atoms with Gasteiger partial charge in [0.1, 0.15) is 13.2 Å². The number of rotatable bonds is 69. The largest absolute Gasteiger partial charge is 0.462 e. The summed E-state index contributed by atoms with van der Waals surface area (Å²) in [6, 6.07) is 0. The van der Waals surface area contributed by atoms with Crippen molar-refractivity contribution in [2.24, 2.45) is 0 Å². The molecule has 0 aliphatic carbocycles. The van der Waals surface area contributed by atoms with Crippen LogP contribution in [0.4, 0.5) is 0 Å². The van der Waals surface area contributed by atoms with Crippen LogP contribution in [0.1, 0.15) is 432 Å². The number of hydrogen-bond acceptors (Lipinski definition) is 6. The van der Waals surface area contributed by atoms with E-state index in [-0.39, 0.29) is 31.1 Å². The number of unbranched alkanes of at least 4 members (excludes halogenated alkanes) is 58. The quantitative estimate of drug-likeness (QED) is 0.0343. The van der Waals surface area contributed by atoms with Crippen molar-refractivity contribution in [1.82, 2.24) is 0 Å². The van der Waals surface area contributed by atoms with Gasteiger partial charge in [-0.15, -0.1) is 0 Å². The molecule has 0 saturated carbocycles. The van der Waals surface area contributed by atoms with Crippen molar-refractivity contribution in [3.63, 3.8) is 0 Å². The highest BCUT2D eigenvalue weighted by Crippen LogP contribution is 2.20. The van der Waals surface area contributed by atoms with Gasteiger partial charge in [-0.2, -0.15) is 0 Å². The summed E-state index contributed by atoms with van der Waals surface area (Å²) in [5.74, 6) is -0.841. The van der Waals surface area contributed by atoms with Gasteiger partial charge < -0.3 is 14.2 Å². The second-order valence-electron chi connectivity index (χ2n) is 25.2. The van der Waals surface area contributed by atoms with Crippen LogP contribution in [0.25, 0.3) is 0 Å². The van der Waals surface area contributed by atoms with Crippen LogP contribution in [0, 0.1) is 0 Å². The lowest BCUT2D eigenvalue weighted by Crippen LogP contribution is -2.30. The molecule has 0 fully saturated rings. The smallest absolute Gasteiger partial charge is 0.306 e. The molecule has 6 heteroatoms. The summed E-state index contributed by atoms with van der Waals surface area (Å²) in [5, 5.41) is 0. The Morgan fingerprint density at radius 1 is 0.203 bits per heavy atom. The lowest BCUT2D eigenvalue weighted by atomic mass is 10.0. The fraction of sp³-hybridized carbons (Fsp3) is 0.959. The first-order valence-electron chi connectivity index (χ1n) is 36.5. The first kappa shape index (κ1) is 77.4. The summed E-state index contributed by atoms with van der Waals surface area (Å²) in [7, 11) is 0. The molecule has 0 spiro atoms. The predicted octanol–water partition coefficient (Wildman–Crippen LogP) is 25.0. The topological polar surface area (TPSA) is 78.9 Å². The van der Waals surface area contributed by atoms with E-state index in [1.165, 1.54) is 327 Å². The lowest BCUT2D eigenvalue weighted by Gasteiger charge is -2.18. The maximum Gasteiger partial charge on any atom is 0.306 e. The zero-order valence-corrected chi connectivity index (χ0v) is 54.2.